The number of methoxy groups -OCH3 is 1. The van der Waals surface area contributed by atoms with Crippen LogP contribution < -0.4 is 25.0 Å². The van der Waals surface area contributed by atoms with Gasteiger partial charge in [-0.15, -0.1) is 0 Å². The minimum atomic E-state index is -1.17. The summed E-state index contributed by atoms with van der Waals surface area (Å²) in [6, 6.07) is 27.3. The molecule has 1 aliphatic heterocycles. The summed E-state index contributed by atoms with van der Waals surface area (Å²) < 4.78 is 33.1. The number of fused-ring (bicyclic) bond motifs is 1. The molecular weight excluding hydrogens is 681 g/mol. The number of hydrogen-bond acceptors (Lipinski definition) is 6. The Morgan fingerprint density at radius 2 is 1.77 bits per heavy atom. The molecule has 0 aromatic heterocycles. The van der Waals surface area contributed by atoms with Gasteiger partial charge in [0.2, 0.25) is 5.91 Å². The van der Waals surface area contributed by atoms with Crippen molar-refractivity contribution in [1.29, 1.82) is 0 Å². The average Bonchev–Trinajstić information content (AvgIpc) is 3.22. The summed E-state index contributed by atoms with van der Waals surface area (Å²) in [6.45, 7) is 8.38. The standard InChI is InChI=1S/C42H47ClFN3O5/c1-42(2,3)28-47-35-21-20-31(43)25-33(35)39(52-37(41(47)49)26-38(48)46-27-30-16-8-9-18-34(30)44)32-17-10-19-36(40(32)50-4)51-24-12-23-45-22-11-15-29-13-6-5-7-14-29/h5-11,13-21,25,37,39,45H,12,22-24,26-28H2,1-4H3,(H,46,48)/t37-,39-/m1/s1. The van der Waals surface area contributed by atoms with Gasteiger partial charge in [-0.1, -0.05) is 105 Å². The number of ether oxygens (including phenoxy) is 3. The lowest BCUT2D eigenvalue weighted by Crippen LogP contribution is -2.45. The van der Waals surface area contributed by atoms with Gasteiger partial charge in [0.25, 0.3) is 5.91 Å². The highest BCUT2D eigenvalue weighted by Gasteiger charge is 2.40. The Kier molecular flexibility index (Phi) is 13.5. The molecule has 0 saturated carbocycles. The number of hydrogen-bond donors (Lipinski definition) is 2. The monoisotopic (exact) mass is 727 g/mol. The predicted molar refractivity (Wildman–Crippen MR) is 204 cm³/mol. The zero-order valence-corrected chi connectivity index (χ0v) is 30.9. The zero-order chi connectivity index (χ0) is 37.1. The van der Waals surface area contributed by atoms with Crippen molar-refractivity contribution in [1.82, 2.24) is 10.6 Å². The zero-order valence-electron chi connectivity index (χ0n) is 30.2. The first kappa shape index (κ1) is 38.5. The van der Waals surface area contributed by atoms with Crippen molar-refractivity contribution < 1.29 is 28.2 Å². The van der Waals surface area contributed by atoms with E-state index in [4.69, 9.17) is 25.8 Å². The number of nitrogens with one attached hydrogen (secondary N) is 2. The van der Waals surface area contributed by atoms with E-state index in [9.17, 15) is 14.0 Å². The molecule has 2 amide bonds. The minimum absolute atomic E-state index is 0.0233. The number of halogens is 2. The molecule has 0 radical (unpaired) electrons. The van der Waals surface area contributed by atoms with Crippen molar-refractivity contribution in [3.05, 3.63) is 130 Å². The van der Waals surface area contributed by atoms with E-state index in [2.05, 4.69) is 34.9 Å². The predicted octanol–water partition coefficient (Wildman–Crippen LogP) is 8.13. The second-order valence-corrected chi connectivity index (χ2v) is 14.3. The highest BCUT2D eigenvalue weighted by Crippen LogP contribution is 2.45. The summed E-state index contributed by atoms with van der Waals surface area (Å²) in [6.07, 6.45) is 2.63. The largest absolute Gasteiger partial charge is 0.492 e. The molecule has 1 aliphatic rings. The highest BCUT2D eigenvalue weighted by atomic mass is 35.5. The molecule has 8 nitrogen and oxygen atoms in total. The van der Waals surface area contributed by atoms with E-state index >= 15 is 0 Å². The van der Waals surface area contributed by atoms with E-state index in [1.54, 1.807) is 42.3 Å². The molecule has 0 fully saturated rings. The number of anilines is 1. The Balaban J connectivity index is 1.36. The number of para-hydroxylation sites is 1. The number of carbonyl (C=O) groups excluding carboxylic acids is 2. The van der Waals surface area contributed by atoms with E-state index in [1.807, 2.05) is 63.2 Å². The molecule has 0 spiro atoms. The topological polar surface area (TPSA) is 89.1 Å². The van der Waals surface area contributed by atoms with Gasteiger partial charge in [0.1, 0.15) is 18.0 Å². The van der Waals surface area contributed by atoms with E-state index in [-0.39, 0.29) is 24.3 Å². The van der Waals surface area contributed by atoms with Crippen LogP contribution >= 0.6 is 11.6 Å². The lowest BCUT2D eigenvalue weighted by Gasteiger charge is -2.31. The van der Waals surface area contributed by atoms with Gasteiger partial charge in [0.15, 0.2) is 11.5 Å². The first-order valence-electron chi connectivity index (χ1n) is 17.5. The normalized spacial score (nSPS) is 16.0. The van der Waals surface area contributed by atoms with Gasteiger partial charge >= 0.3 is 0 Å². The fourth-order valence-corrected chi connectivity index (χ4v) is 6.24. The molecule has 0 unspecified atom stereocenters. The highest BCUT2D eigenvalue weighted by molar-refractivity contribution is 6.30. The van der Waals surface area contributed by atoms with Crippen molar-refractivity contribution in [3.8, 4) is 11.5 Å². The van der Waals surface area contributed by atoms with Crippen molar-refractivity contribution in [2.24, 2.45) is 5.41 Å². The molecule has 4 aromatic carbocycles. The summed E-state index contributed by atoms with van der Waals surface area (Å²) in [5, 5.41) is 6.63. The summed E-state index contributed by atoms with van der Waals surface area (Å²) in [5.74, 6) is -0.253. The molecule has 0 saturated heterocycles. The number of nitrogens with zero attached hydrogens (tertiary/aromatic N) is 1. The average molecular weight is 728 g/mol. The van der Waals surface area contributed by atoms with E-state index in [0.29, 0.717) is 52.1 Å². The maximum Gasteiger partial charge on any atom is 0.256 e. The maximum atomic E-state index is 14.3. The quantitative estimate of drug-likeness (QED) is 0.120. The molecule has 0 bridgehead atoms. The number of carbonyl (C=O) groups is 2. The van der Waals surface area contributed by atoms with E-state index in [1.165, 1.54) is 6.07 Å². The number of rotatable bonds is 15. The Morgan fingerprint density at radius 3 is 2.52 bits per heavy atom. The summed E-state index contributed by atoms with van der Waals surface area (Å²) >= 11 is 6.58. The lowest BCUT2D eigenvalue weighted by atomic mass is 9.94. The smallest absolute Gasteiger partial charge is 0.256 e. The summed E-state index contributed by atoms with van der Waals surface area (Å²) in [5.41, 5.74) is 3.11. The van der Waals surface area contributed by atoms with Crippen LogP contribution in [0.4, 0.5) is 10.1 Å². The molecule has 5 rings (SSSR count). The Morgan fingerprint density at radius 1 is 1.00 bits per heavy atom. The molecule has 0 aliphatic carbocycles. The van der Waals surface area contributed by atoms with Gasteiger partial charge < -0.3 is 29.7 Å². The number of amides is 2. The Bertz CT molecular complexity index is 1850. The SMILES string of the molecule is COc1c(OCCCNCC=Cc2ccccc2)cccc1[C@H]1O[C@H](CC(=O)NCc2ccccc2F)C(=O)N(CC(C)(C)C)c2ccc(Cl)cc21. The third-order valence-electron chi connectivity index (χ3n) is 8.47. The molecule has 2 N–H and O–H groups in total. The van der Waals surface area contributed by atoms with Gasteiger partial charge in [-0.05, 0) is 54.3 Å². The third kappa shape index (κ3) is 10.4. The van der Waals surface area contributed by atoms with Crippen LogP contribution in [0.25, 0.3) is 6.08 Å². The van der Waals surface area contributed by atoms with E-state index in [0.717, 1.165) is 25.1 Å². The molecule has 274 valence electrons. The van der Waals surface area contributed by atoms with Gasteiger partial charge in [-0.2, -0.15) is 0 Å². The molecule has 4 aromatic rings. The fourth-order valence-electron chi connectivity index (χ4n) is 6.05. The lowest BCUT2D eigenvalue weighted by molar-refractivity contribution is -0.138. The molecular formula is C42H47ClFN3O5. The van der Waals surface area contributed by atoms with Crippen LogP contribution in [0.2, 0.25) is 5.02 Å². The van der Waals surface area contributed by atoms with Crippen LogP contribution in [0.5, 0.6) is 11.5 Å². The first-order valence-corrected chi connectivity index (χ1v) is 17.9. The minimum Gasteiger partial charge on any atom is -0.492 e. The van der Waals surface area contributed by atoms with Crippen LogP contribution in [0, 0.1) is 11.2 Å². The molecule has 1 heterocycles. The fraction of sp³-hybridized carbons (Fsp3) is 0.333. The van der Waals surface area contributed by atoms with Gasteiger partial charge in [-0.25, -0.2) is 4.39 Å². The first-order chi connectivity index (χ1) is 25.0. The van der Waals surface area contributed by atoms with Gasteiger partial charge in [0.05, 0.1) is 20.1 Å². The van der Waals surface area contributed by atoms with Crippen molar-refractivity contribution in [2.45, 2.75) is 52.4 Å². The van der Waals surface area contributed by atoms with E-state index < -0.39 is 23.9 Å². The summed E-state index contributed by atoms with van der Waals surface area (Å²) in [7, 11) is 1.56. The second kappa shape index (κ2) is 18.2. The van der Waals surface area contributed by atoms with Crippen molar-refractivity contribution in [3.63, 3.8) is 0 Å². The molecule has 52 heavy (non-hydrogen) atoms. The van der Waals surface area contributed by atoms with Crippen LogP contribution in [-0.2, 0) is 20.9 Å². The maximum absolute atomic E-state index is 14.3. The van der Waals surface area contributed by atoms with Gasteiger partial charge in [-0.3, -0.25) is 9.59 Å². The van der Waals surface area contributed by atoms with Crippen LogP contribution in [0.15, 0.2) is 97.1 Å². The Hall–Kier alpha value is -4.70. The van der Waals surface area contributed by atoms with Crippen LogP contribution in [0.3, 0.4) is 0 Å². The molecule has 2 atom stereocenters. The van der Waals surface area contributed by atoms with Crippen LogP contribution in [-0.4, -0.2) is 51.3 Å². The summed E-state index contributed by atoms with van der Waals surface area (Å²) in [4.78, 5) is 29.3. The van der Waals surface area contributed by atoms with Gasteiger partial charge in [0, 0.05) is 47.0 Å². The van der Waals surface area contributed by atoms with Crippen LogP contribution in [0.1, 0.15) is 62.0 Å². The third-order valence-corrected chi connectivity index (χ3v) is 8.70. The molecule has 10 heteroatoms. The number of benzene rings is 4. The van der Waals surface area contributed by atoms with Crippen molar-refractivity contribution in [2.75, 3.05) is 38.3 Å². The second-order valence-electron chi connectivity index (χ2n) is 13.9. The Labute approximate surface area is 310 Å². The van der Waals surface area contributed by atoms with Crippen molar-refractivity contribution >= 4 is 35.2 Å².